The van der Waals surface area contributed by atoms with Crippen molar-refractivity contribution < 1.29 is 9.53 Å². The molecule has 112 valence electrons. The second kappa shape index (κ2) is 6.05. The Hall–Kier alpha value is -2.21. The number of ketones is 1. The Kier molecular flexibility index (Phi) is 4.37. The van der Waals surface area contributed by atoms with Gasteiger partial charge in [-0.2, -0.15) is 0 Å². The van der Waals surface area contributed by atoms with E-state index >= 15 is 0 Å². The lowest BCUT2D eigenvalue weighted by atomic mass is 10.1. The number of hydrogen-bond donors (Lipinski definition) is 2. The molecule has 0 unspecified atom stereocenters. The molecule has 0 spiro atoms. The maximum Gasteiger partial charge on any atom is 0.227 e. The van der Waals surface area contributed by atoms with Crippen molar-refractivity contribution in [3.8, 4) is 5.88 Å². The third kappa shape index (κ3) is 3.66. The Morgan fingerprint density at radius 1 is 1.43 bits per heavy atom. The molecule has 0 aliphatic carbocycles. The van der Waals surface area contributed by atoms with E-state index in [9.17, 15) is 4.79 Å². The number of nitrogens with zero attached hydrogens (tertiary/aromatic N) is 2. The maximum atomic E-state index is 12.3. The lowest BCUT2D eigenvalue weighted by molar-refractivity contribution is 0.104. The van der Waals surface area contributed by atoms with E-state index in [0.717, 1.165) is 0 Å². The number of H-pyrrole nitrogens is 1. The smallest absolute Gasteiger partial charge is 0.227 e. The van der Waals surface area contributed by atoms with Gasteiger partial charge in [0.1, 0.15) is 17.6 Å². The molecule has 0 atom stereocenters. The summed E-state index contributed by atoms with van der Waals surface area (Å²) in [5.41, 5.74) is 0.702. The Labute approximate surface area is 123 Å². The van der Waals surface area contributed by atoms with E-state index in [2.05, 4.69) is 20.3 Å². The van der Waals surface area contributed by atoms with Crippen molar-refractivity contribution in [2.24, 2.45) is 0 Å². The van der Waals surface area contributed by atoms with Crippen LogP contribution in [0.25, 0.3) is 11.0 Å². The number of carbonyl (C=O) groups is 1. The van der Waals surface area contributed by atoms with E-state index in [1.165, 1.54) is 12.4 Å². The van der Waals surface area contributed by atoms with Gasteiger partial charge in [-0.1, -0.05) is 6.08 Å². The van der Waals surface area contributed by atoms with E-state index in [1.54, 1.807) is 12.3 Å². The molecule has 0 radical (unpaired) electrons. The Morgan fingerprint density at radius 2 is 2.19 bits per heavy atom. The first-order chi connectivity index (χ1) is 9.92. The molecule has 2 N–H and O–H groups in total. The number of aromatic amines is 1. The molecular weight excluding hydrogens is 268 g/mol. The Bertz CT molecular complexity index is 668. The van der Waals surface area contributed by atoms with Gasteiger partial charge in [-0.3, -0.25) is 4.79 Å². The van der Waals surface area contributed by atoms with Gasteiger partial charge in [0, 0.05) is 12.7 Å². The van der Waals surface area contributed by atoms with Gasteiger partial charge in [0.2, 0.25) is 5.88 Å². The summed E-state index contributed by atoms with van der Waals surface area (Å²) in [5.74, 6) is 0.309. The van der Waals surface area contributed by atoms with Crippen LogP contribution >= 0.6 is 0 Å². The van der Waals surface area contributed by atoms with Gasteiger partial charge in [0.15, 0.2) is 5.78 Å². The summed E-state index contributed by atoms with van der Waals surface area (Å²) < 4.78 is 5.83. The minimum atomic E-state index is -0.402. The van der Waals surface area contributed by atoms with E-state index in [-0.39, 0.29) is 5.78 Å². The second-order valence-electron chi connectivity index (χ2n) is 5.64. The zero-order valence-corrected chi connectivity index (χ0v) is 12.7. The number of nitrogens with one attached hydrogen (secondary N) is 2. The predicted octanol–water partition coefficient (Wildman–Crippen LogP) is 2.09. The van der Waals surface area contributed by atoms with E-state index in [0.29, 0.717) is 29.0 Å². The SMILES string of the molecule is CNC/C=C/C(=O)c1c[nH]c2ncnc(OC(C)(C)C)c12. The fourth-order valence-corrected chi connectivity index (χ4v) is 1.87. The Morgan fingerprint density at radius 3 is 2.86 bits per heavy atom. The van der Waals surface area contributed by atoms with Crippen LogP contribution in [0.5, 0.6) is 5.88 Å². The van der Waals surface area contributed by atoms with Gasteiger partial charge in [-0.25, -0.2) is 9.97 Å². The van der Waals surface area contributed by atoms with Crippen molar-refractivity contribution in [2.45, 2.75) is 26.4 Å². The fraction of sp³-hybridized carbons (Fsp3) is 0.400. The summed E-state index contributed by atoms with van der Waals surface area (Å²) in [6.45, 7) is 6.43. The summed E-state index contributed by atoms with van der Waals surface area (Å²) in [6, 6.07) is 0. The minimum absolute atomic E-state index is 0.106. The van der Waals surface area contributed by atoms with Crippen LogP contribution in [0.2, 0.25) is 0 Å². The van der Waals surface area contributed by atoms with Crippen LogP contribution in [0, 0.1) is 0 Å². The second-order valence-corrected chi connectivity index (χ2v) is 5.64. The van der Waals surface area contributed by atoms with Crippen LogP contribution in [0.1, 0.15) is 31.1 Å². The molecule has 0 fully saturated rings. The molecular formula is C15H20N4O2. The van der Waals surface area contributed by atoms with Crippen LogP contribution in [-0.2, 0) is 0 Å². The molecule has 2 heterocycles. The molecule has 2 rings (SSSR count). The molecule has 0 aromatic carbocycles. The third-order valence-electron chi connectivity index (χ3n) is 2.69. The Balaban J connectivity index is 2.43. The summed E-state index contributed by atoms with van der Waals surface area (Å²) in [6.07, 6.45) is 6.37. The number of carbonyl (C=O) groups excluding carboxylic acids is 1. The van der Waals surface area contributed by atoms with E-state index < -0.39 is 5.60 Å². The normalized spacial score (nSPS) is 12.2. The summed E-state index contributed by atoms with van der Waals surface area (Å²) in [4.78, 5) is 23.5. The summed E-state index contributed by atoms with van der Waals surface area (Å²) >= 11 is 0. The topological polar surface area (TPSA) is 79.9 Å². The molecule has 0 saturated carbocycles. The highest BCUT2D eigenvalue weighted by molar-refractivity contribution is 6.13. The average molecular weight is 288 g/mol. The lowest BCUT2D eigenvalue weighted by Crippen LogP contribution is -2.23. The monoisotopic (exact) mass is 288 g/mol. The first-order valence-corrected chi connectivity index (χ1v) is 6.79. The molecule has 0 saturated heterocycles. The first-order valence-electron chi connectivity index (χ1n) is 6.79. The fourth-order valence-electron chi connectivity index (χ4n) is 1.87. The van der Waals surface area contributed by atoms with Gasteiger partial charge in [0.25, 0.3) is 0 Å². The number of aromatic nitrogens is 3. The third-order valence-corrected chi connectivity index (χ3v) is 2.69. The maximum absolute atomic E-state index is 12.3. The van der Waals surface area contributed by atoms with Crippen LogP contribution < -0.4 is 10.1 Å². The first kappa shape index (κ1) is 15.2. The van der Waals surface area contributed by atoms with Gasteiger partial charge >= 0.3 is 0 Å². The molecule has 2 aromatic heterocycles. The molecule has 0 bridgehead atoms. The van der Waals surface area contributed by atoms with Crippen LogP contribution in [-0.4, -0.2) is 39.9 Å². The van der Waals surface area contributed by atoms with Crippen molar-refractivity contribution in [2.75, 3.05) is 13.6 Å². The summed E-state index contributed by atoms with van der Waals surface area (Å²) in [5, 5.41) is 3.57. The zero-order valence-electron chi connectivity index (χ0n) is 12.7. The van der Waals surface area contributed by atoms with Gasteiger partial charge in [-0.05, 0) is 33.9 Å². The lowest BCUT2D eigenvalue weighted by Gasteiger charge is -2.20. The highest BCUT2D eigenvalue weighted by atomic mass is 16.5. The zero-order chi connectivity index (χ0) is 15.5. The number of likely N-dealkylation sites (N-methyl/N-ethyl adjacent to an activating group) is 1. The summed E-state index contributed by atoms with van der Waals surface area (Å²) in [7, 11) is 1.82. The van der Waals surface area contributed by atoms with Crippen molar-refractivity contribution in [3.05, 3.63) is 30.2 Å². The van der Waals surface area contributed by atoms with Gasteiger partial charge in [-0.15, -0.1) is 0 Å². The number of rotatable bonds is 5. The van der Waals surface area contributed by atoms with Crippen molar-refractivity contribution in [3.63, 3.8) is 0 Å². The van der Waals surface area contributed by atoms with Crippen molar-refractivity contribution in [1.29, 1.82) is 0 Å². The van der Waals surface area contributed by atoms with Gasteiger partial charge in [0.05, 0.1) is 10.9 Å². The quantitative estimate of drug-likeness (QED) is 0.650. The number of ether oxygens (including phenoxy) is 1. The van der Waals surface area contributed by atoms with Crippen LogP contribution in [0.3, 0.4) is 0 Å². The predicted molar refractivity (Wildman–Crippen MR) is 81.7 cm³/mol. The largest absolute Gasteiger partial charge is 0.471 e. The van der Waals surface area contributed by atoms with Crippen LogP contribution in [0.4, 0.5) is 0 Å². The number of hydrogen-bond acceptors (Lipinski definition) is 5. The standard InChI is InChI=1S/C15H20N4O2/c1-15(2,3)21-14-12-10(11(20)6-5-7-16-4)8-17-13(12)18-9-19-14/h5-6,8-9,16H,7H2,1-4H3,(H,17,18,19)/b6-5+. The van der Waals surface area contributed by atoms with Crippen molar-refractivity contribution in [1.82, 2.24) is 20.3 Å². The molecule has 0 amide bonds. The van der Waals surface area contributed by atoms with Crippen LogP contribution in [0.15, 0.2) is 24.7 Å². The molecule has 6 nitrogen and oxygen atoms in total. The molecule has 21 heavy (non-hydrogen) atoms. The molecule has 2 aromatic rings. The molecule has 0 aliphatic rings. The van der Waals surface area contributed by atoms with Gasteiger partial charge < -0.3 is 15.0 Å². The molecule has 6 heteroatoms. The molecule has 0 aliphatic heterocycles. The van der Waals surface area contributed by atoms with E-state index in [4.69, 9.17) is 4.74 Å². The van der Waals surface area contributed by atoms with E-state index in [1.807, 2.05) is 27.8 Å². The minimum Gasteiger partial charge on any atom is -0.471 e. The highest BCUT2D eigenvalue weighted by Crippen LogP contribution is 2.28. The number of fused-ring (bicyclic) bond motifs is 1. The highest BCUT2D eigenvalue weighted by Gasteiger charge is 2.20. The number of allylic oxidation sites excluding steroid dienone is 1. The van der Waals surface area contributed by atoms with Crippen molar-refractivity contribution >= 4 is 16.8 Å². The average Bonchev–Trinajstić information content (AvgIpc) is 2.82.